The second-order valence-corrected chi connectivity index (χ2v) is 5.27. The van der Waals surface area contributed by atoms with E-state index in [1.807, 2.05) is 0 Å². The quantitative estimate of drug-likeness (QED) is 0.768. The summed E-state index contributed by atoms with van der Waals surface area (Å²) in [6.07, 6.45) is -1.75. The molecule has 2 aromatic heterocycles. The van der Waals surface area contributed by atoms with Gasteiger partial charge in [-0.3, -0.25) is 4.79 Å². The van der Waals surface area contributed by atoms with Crippen LogP contribution in [0.1, 0.15) is 16.1 Å². The van der Waals surface area contributed by atoms with Gasteiger partial charge in [0, 0.05) is 11.9 Å². The zero-order valence-corrected chi connectivity index (χ0v) is 13.5. The van der Waals surface area contributed by atoms with Crippen molar-refractivity contribution in [3.8, 4) is 11.6 Å². The Bertz CT molecular complexity index is 906. The lowest BCUT2D eigenvalue weighted by Crippen LogP contribution is -2.17. The van der Waals surface area contributed by atoms with E-state index >= 15 is 0 Å². The SMILES string of the molecule is Cc1c(C(=O)Nc2ccc(OC(F)(F)F)cc2)cnn1-c1ccccn1. The van der Waals surface area contributed by atoms with Gasteiger partial charge >= 0.3 is 6.36 Å². The lowest BCUT2D eigenvalue weighted by atomic mass is 10.2. The maximum atomic E-state index is 12.4. The summed E-state index contributed by atoms with van der Waals surface area (Å²) in [6, 6.07) is 10.2. The van der Waals surface area contributed by atoms with Crippen molar-refractivity contribution in [1.29, 1.82) is 0 Å². The van der Waals surface area contributed by atoms with Gasteiger partial charge in [0.2, 0.25) is 0 Å². The maximum Gasteiger partial charge on any atom is 0.573 e. The number of nitrogens with one attached hydrogen (secondary N) is 1. The molecule has 0 radical (unpaired) electrons. The molecule has 9 heteroatoms. The topological polar surface area (TPSA) is 69.0 Å². The Hall–Kier alpha value is -3.36. The summed E-state index contributed by atoms with van der Waals surface area (Å²) in [6.45, 7) is 1.72. The molecule has 1 N–H and O–H groups in total. The van der Waals surface area contributed by atoms with Gasteiger partial charge in [0.05, 0.1) is 17.5 Å². The summed E-state index contributed by atoms with van der Waals surface area (Å²) < 4.78 is 41.8. The number of ether oxygens (including phenoxy) is 1. The summed E-state index contributed by atoms with van der Waals surface area (Å²) in [4.78, 5) is 16.6. The van der Waals surface area contributed by atoms with Gasteiger partial charge in [-0.1, -0.05) is 6.07 Å². The minimum Gasteiger partial charge on any atom is -0.406 e. The molecule has 3 aromatic rings. The van der Waals surface area contributed by atoms with Crippen LogP contribution in [0.25, 0.3) is 5.82 Å². The van der Waals surface area contributed by atoms with Crippen molar-refractivity contribution in [2.75, 3.05) is 5.32 Å². The first-order valence-corrected chi connectivity index (χ1v) is 7.47. The van der Waals surface area contributed by atoms with E-state index in [1.54, 1.807) is 31.3 Å². The van der Waals surface area contributed by atoms with Crippen LogP contribution in [0.4, 0.5) is 18.9 Å². The molecule has 3 rings (SSSR count). The Morgan fingerprint density at radius 2 is 1.88 bits per heavy atom. The Labute approximate surface area is 146 Å². The Morgan fingerprint density at radius 3 is 2.50 bits per heavy atom. The first kappa shape index (κ1) is 17.5. The number of alkyl halides is 3. The van der Waals surface area contributed by atoms with E-state index in [1.165, 1.54) is 23.0 Å². The van der Waals surface area contributed by atoms with E-state index in [9.17, 15) is 18.0 Å². The molecule has 6 nitrogen and oxygen atoms in total. The van der Waals surface area contributed by atoms with Gasteiger partial charge in [0.25, 0.3) is 5.91 Å². The Kier molecular flexibility index (Phi) is 4.61. The smallest absolute Gasteiger partial charge is 0.406 e. The highest BCUT2D eigenvalue weighted by Crippen LogP contribution is 2.24. The maximum absolute atomic E-state index is 12.4. The van der Waals surface area contributed by atoms with Crippen molar-refractivity contribution in [2.24, 2.45) is 0 Å². The van der Waals surface area contributed by atoms with Gasteiger partial charge < -0.3 is 10.1 Å². The second-order valence-electron chi connectivity index (χ2n) is 5.27. The van der Waals surface area contributed by atoms with Gasteiger partial charge in [0.1, 0.15) is 5.75 Å². The number of anilines is 1. The molecule has 0 unspecified atom stereocenters. The number of hydrogen-bond donors (Lipinski definition) is 1. The third kappa shape index (κ3) is 4.00. The van der Waals surface area contributed by atoms with Crippen molar-refractivity contribution in [3.05, 3.63) is 66.1 Å². The largest absolute Gasteiger partial charge is 0.573 e. The summed E-state index contributed by atoms with van der Waals surface area (Å²) in [5.41, 5.74) is 1.24. The summed E-state index contributed by atoms with van der Waals surface area (Å²) in [7, 11) is 0. The van der Waals surface area contributed by atoms with Gasteiger partial charge in [-0.05, 0) is 43.3 Å². The Balaban J connectivity index is 1.74. The molecule has 1 amide bonds. The highest BCUT2D eigenvalue weighted by molar-refractivity contribution is 6.05. The zero-order valence-electron chi connectivity index (χ0n) is 13.5. The number of pyridine rings is 1. The minimum atomic E-state index is -4.76. The summed E-state index contributed by atoms with van der Waals surface area (Å²) >= 11 is 0. The third-order valence-electron chi connectivity index (χ3n) is 3.47. The molecule has 0 saturated carbocycles. The van der Waals surface area contributed by atoms with Gasteiger partial charge in [-0.15, -0.1) is 13.2 Å². The number of aromatic nitrogens is 3. The van der Waals surface area contributed by atoms with Crippen molar-refractivity contribution >= 4 is 11.6 Å². The molecule has 0 aliphatic rings. The van der Waals surface area contributed by atoms with Crippen molar-refractivity contribution < 1.29 is 22.7 Å². The summed E-state index contributed by atoms with van der Waals surface area (Å²) in [5, 5.41) is 6.76. The van der Waals surface area contributed by atoms with Crippen molar-refractivity contribution in [1.82, 2.24) is 14.8 Å². The van der Waals surface area contributed by atoms with Gasteiger partial charge in [-0.2, -0.15) is 5.10 Å². The van der Waals surface area contributed by atoms with Gasteiger partial charge in [-0.25, -0.2) is 9.67 Å². The van der Waals surface area contributed by atoms with Crippen LogP contribution < -0.4 is 10.1 Å². The number of amides is 1. The number of carbonyl (C=O) groups excluding carboxylic acids is 1. The fourth-order valence-corrected chi connectivity index (χ4v) is 2.28. The molecule has 0 aliphatic carbocycles. The molecule has 2 heterocycles. The molecule has 0 spiro atoms. The highest BCUT2D eigenvalue weighted by atomic mass is 19.4. The fourth-order valence-electron chi connectivity index (χ4n) is 2.28. The highest BCUT2D eigenvalue weighted by Gasteiger charge is 2.31. The first-order chi connectivity index (χ1) is 12.3. The van der Waals surface area contributed by atoms with Crippen LogP contribution in [0, 0.1) is 6.92 Å². The second kappa shape index (κ2) is 6.87. The molecule has 0 saturated heterocycles. The van der Waals surface area contributed by atoms with Crippen LogP contribution in [-0.4, -0.2) is 27.0 Å². The van der Waals surface area contributed by atoms with E-state index in [0.717, 1.165) is 12.1 Å². The lowest BCUT2D eigenvalue weighted by Gasteiger charge is -2.10. The number of rotatable bonds is 4. The third-order valence-corrected chi connectivity index (χ3v) is 3.47. The van der Waals surface area contributed by atoms with E-state index < -0.39 is 12.3 Å². The molecular formula is C17H13F3N4O2. The summed E-state index contributed by atoms with van der Waals surface area (Å²) in [5.74, 6) is -0.235. The monoisotopic (exact) mass is 362 g/mol. The molecule has 1 aromatic carbocycles. The van der Waals surface area contributed by atoms with E-state index in [0.29, 0.717) is 22.8 Å². The van der Waals surface area contributed by atoms with Crippen LogP contribution in [0.2, 0.25) is 0 Å². The lowest BCUT2D eigenvalue weighted by molar-refractivity contribution is -0.274. The number of benzene rings is 1. The predicted molar refractivity (Wildman–Crippen MR) is 87.2 cm³/mol. The minimum absolute atomic E-state index is 0.325. The average molecular weight is 362 g/mol. The normalized spacial score (nSPS) is 11.2. The number of nitrogens with zero attached hydrogens (tertiary/aromatic N) is 3. The number of carbonyl (C=O) groups is 1. The predicted octanol–water partition coefficient (Wildman–Crippen LogP) is 3.73. The van der Waals surface area contributed by atoms with Crippen LogP contribution >= 0.6 is 0 Å². The molecular weight excluding hydrogens is 349 g/mol. The molecule has 0 atom stereocenters. The molecule has 0 fully saturated rings. The van der Waals surface area contributed by atoms with Crippen LogP contribution in [0.5, 0.6) is 5.75 Å². The average Bonchev–Trinajstić information content (AvgIpc) is 2.98. The molecule has 0 bridgehead atoms. The van der Waals surface area contributed by atoms with Crippen molar-refractivity contribution in [3.63, 3.8) is 0 Å². The van der Waals surface area contributed by atoms with E-state index in [-0.39, 0.29) is 5.75 Å². The van der Waals surface area contributed by atoms with E-state index in [4.69, 9.17) is 0 Å². The van der Waals surface area contributed by atoms with Gasteiger partial charge in [0.15, 0.2) is 5.82 Å². The Morgan fingerprint density at radius 1 is 1.15 bits per heavy atom. The number of hydrogen-bond acceptors (Lipinski definition) is 4. The van der Waals surface area contributed by atoms with E-state index in [2.05, 4.69) is 20.1 Å². The molecule has 0 aliphatic heterocycles. The number of halogens is 3. The van der Waals surface area contributed by atoms with Crippen LogP contribution in [0.3, 0.4) is 0 Å². The molecule has 26 heavy (non-hydrogen) atoms. The van der Waals surface area contributed by atoms with Crippen LogP contribution in [0.15, 0.2) is 54.9 Å². The molecule has 134 valence electrons. The fraction of sp³-hybridized carbons (Fsp3) is 0.118. The standard InChI is InChI=1S/C17H13F3N4O2/c1-11-14(10-22-24(11)15-4-2-3-9-21-15)16(25)23-12-5-7-13(8-6-12)26-17(18,19)20/h2-10H,1H3,(H,23,25). The zero-order chi connectivity index (χ0) is 18.7. The first-order valence-electron chi connectivity index (χ1n) is 7.47. The van der Waals surface area contributed by atoms with Crippen molar-refractivity contribution in [2.45, 2.75) is 13.3 Å². The van der Waals surface area contributed by atoms with Crippen LogP contribution in [-0.2, 0) is 0 Å².